The van der Waals surface area contributed by atoms with Crippen LogP contribution in [-0.2, 0) is 6.18 Å². The first-order valence-electron chi connectivity index (χ1n) is 9.61. The molecule has 0 amide bonds. The summed E-state index contributed by atoms with van der Waals surface area (Å²) in [5, 5.41) is 3.08. The molecule has 0 spiro atoms. The minimum atomic E-state index is -4.37. The molecular formula is C20H22F4N4. The number of rotatable bonds is 5. The molecule has 2 aliphatic rings. The lowest BCUT2D eigenvalue weighted by atomic mass is 9.85. The van der Waals surface area contributed by atoms with Crippen LogP contribution in [0.4, 0.5) is 29.2 Å². The van der Waals surface area contributed by atoms with Gasteiger partial charge in [-0.15, -0.1) is 0 Å². The highest BCUT2D eigenvalue weighted by Crippen LogP contribution is 2.38. The molecule has 1 unspecified atom stereocenters. The Labute approximate surface area is 161 Å². The quantitative estimate of drug-likeness (QED) is 0.709. The predicted molar refractivity (Wildman–Crippen MR) is 98.6 cm³/mol. The van der Waals surface area contributed by atoms with Crippen LogP contribution in [-0.4, -0.2) is 23.1 Å². The molecule has 8 heteroatoms. The highest BCUT2D eigenvalue weighted by molar-refractivity contribution is 5.53. The molecule has 1 aliphatic heterocycles. The number of hydrogen-bond donors (Lipinski definition) is 1. The lowest BCUT2D eigenvalue weighted by Gasteiger charge is -2.28. The number of nitrogens with zero attached hydrogens (tertiary/aromatic N) is 3. The Morgan fingerprint density at radius 1 is 1.04 bits per heavy atom. The van der Waals surface area contributed by atoms with Gasteiger partial charge < -0.3 is 10.2 Å². The molecule has 1 N–H and O–H groups in total. The van der Waals surface area contributed by atoms with E-state index in [9.17, 15) is 13.2 Å². The number of hydrogen-bond acceptors (Lipinski definition) is 4. The van der Waals surface area contributed by atoms with Crippen molar-refractivity contribution in [1.29, 1.82) is 0 Å². The Kier molecular flexibility index (Phi) is 5.12. The topological polar surface area (TPSA) is 41.1 Å². The average molecular weight is 394 g/mol. The molecular weight excluding hydrogens is 372 g/mol. The minimum absolute atomic E-state index is 0.190. The van der Waals surface area contributed by atoms with Gasteiger partial charge in [0, 0.05) is 13.1 Å². The summed E-state index contributed by atoms with van der Waals surface area (Å²) in [7, 11) is 0. The van der Waals surface area contributed by atoms with E-state index in [1.54, 1.807) is 0 Å². The van der Waals surface area contributed by atoms with Crippen molar-refractivity contribution in [2.75, 3.05) is 23.3 Å². The van der Waals surface area contributed by atoms with Gasteiger partial charge in [0.05, 0.1) is 11.6 Å². The first kappa shape index (κ1) is 19.0. The summed E-state index contributed by atoms with van der Waals surface area (Å²) in [6.07, 6.45) is 2.03. The zero-order valence-corrected chi connectivity index (χ0v) is 15.3. The van der Waals surface area contributed by atoms with E-state index in [2.05, 4.69) is 15.3 Å². The van der Waals surface area contributed by atoms with E-state index in [-0.39, 0.29) is 17.7 Å². The largest absolute Gasteiger partial charge is 0.416 e. The molecule has 4 nitrogen and oxygen atoms in total. The molecule has 28 heavy (non-hydrogen) atoms. The Bertz CT molecular complexity index is 818. The maximum Gasteiger partial charge on any atom is 0.416 e. The third-order valence-corrected chi connectivity index (χ3v) is 5.70. The van der Waals surface area contributed by atoms with E-state index in [1.807, 2.05) is 4.90 Å². The molecule has 1 atom stereocenters. The Morgan fingerprint density at radius 3 is 2.43 bits per heavy atom. The second kappa shape index (κ2) is 7.56. The van der Waals surface area contributed by atoms with Crippen LogP contribution >= 0.6 is 0 Å². The van der Waals surface area contributed by atoms with Crippen molar-refractivity contribution in [2.45, 2.75) is 44.3 Å². The molecule has 1 saturated carbocycles. The van der Waals surface area contributed by atoms with Gasteiger partial charge in [-0.2, -0.15) is 17.6 Å². The standard InChI is InChI=1S/C20H22F4N4/c21-17-18(25-11-13-3-1-4-13)26-12-27-19(17)28-10-2-5-16(28)14-6-8-15(9-7-14)20(22,23)24/h6-9,12-13,16H,1-5,10-11H2,(H,25,26,27). The molecule has 1 saturated heterocycles. The van der Waals surface area contributed by atoms with E-state index in [0.717, 1.165) is 43.4 Å². The summed E-state index contributed by atoms with van der Waals surface area (Å²) >= 11 is 0. The summed E-state index contributed by atoms with van der Waals surface area (Å²) < 4.78 is 53.5. The van der Waals surface area contributed by atoms with Crippen molar-refractivity contribution in [2.24, 2.45) is 5.92 Å². The third-order valence-electron chi connectivity index (χ3n) is 5.70. The molecule has 2 fully saturated rings. The van der Waals surface area contributed by atoms with E-state index in [4.69, 9.17) is 0 Å². The van der Waals surface area contributed by atoms with E-state index >= 15 is 4.39 Å². The maximum atomic E-state index is 15.0. The van der Waals surface area contributed by atoms with Crippen LogP contribution in [0.2, 0.25) is 0 Å². The molecule has 1 aromatic heterocycles. The van der Waals surface area contributed by atoms with Gasteiger partial charge in [-0.25, -0.2) is 9.97 Å². The number of alkyl halides is 3. The zero-order valence-electron chi connectivity index (χ0n) is 15.3. The first-order valence-corrected chi connectivity index (χ1v) is 9.61. The van der Waals surface area contributed by atoms with Crippen molar-refractivity contribution in [1.82, 2.24) is 9.97 Å². The van der Waals surface area contributed by atoms with Crippen LogP contribution in [0.15, 0.2) is 30.6 Å². The number of nitrogens with one attached hydrogen (secondary N) is 1. The molecule has 1 aliphatic carbocycles. The monoisotopic (exact) mass is 394 g/mol. The van der Waals surface area contributed by atoms with Crippen molar-refractivity contribution in [3.63, 3.8) is 0 Å². The van der Waals surface area contributed by atoms with E-state index in [1.165, 1.54) is 24.9 Å². The van der Waals surface area contributed by atoms with Gasteiger partial charge in [0.2, 0.25) is 5.82 Å². The highest BCUT2D eigenvalue weighted by Gasteiger charge is 2.33. The van der Waals surface area contributed by atoms with E-state index < -0.39 is 17.6 Å². The van der Waals surface area contributed by atoms with Crippen molar-refractivity contribution < 1.29 is 17.6 Å². The summed E-state index contributed by atoms with van der Waals surface area (Å²) in [6, 6.07) is 4.90. The van der Waals surface area contributed by atoms with Crippen molar-refractivity contribution in [3.8, 4) is 0 Å². The maximum absolute atomic E-state index is 15.0. The summed E-state index contributed by atoms with van der Waals surface area (Å²) in [6.45, 7) is 1.29. The molecule has 1 aromatic carbocycles. The Hall–Kier alpha value is -2.38. The van der Waals surface area contributed by atoms with Gasteiger partial charge in [-0.1, -0.05) is 18.6 Å². The van der Waals surface area contributed by atoms with Gasteiger partial charge in [-0.3, -0.25) is 0 Å². The van der Waals surface area contributed by atoms with Gasteiger partial charge in [-0.05, 0) is 49.3 Å². The number of aromatic nitrogens is 2. The Morgan fingerprint density at radius 2 is 1.79 bits per heavy atom. The van der Waals surface area contributed by atoms with Gasteiger partial charge in [0.25, 0.3) is 0 Å². The van der Waals surface area contributed by atoms with Gasteiger partial charge in [0.15, 0.2) is 11.6 Å². The molecule has 2 aromatic rings. The van der Waals surface area contributed by atoms with Crippen LogP contribution in [0.3, 0.4) is 0 Å². The van der Waals surface area contributed by atoms with Gasteiger partial charge in [0.1, 0.15) is 6.33 Å². The molecule has 4 rings (SSSR count). The van der Waals surface area contributed by atoms with Crippen LogP contribution in [0.5, 0.6) is 0 Å². The van der Waals surface area contributed by atoms with Crippen LogP contribution in [0.25, 0.3) is 0 Å². The first-order chi connectivity index (χ1) is 13.4. The second-order valence-corrected chi connectivity index (χ2v) is 7.51. The average Bonchev–Trinajstić information content (AvgIpc) is 3.10. The molecule has 2 heterocycles. The number of anilines is 2. The third kappa shape index (κ3) is 3.77. The Balaban J connectivity index is 1.54. The second-order valence-electron chi connectivity index (χ2n) is 7.51. The number of halogens is 4. The lowest BCUT2D eigenvalue weighted by molar-refractivity contribution is -0.137. The van der Waals surface area contributed by atoms with E-state index in [0.29, 0.717) is 19.0 Å². The smallest absolute Gasteiger partial charge is 0.367 e. The fraction of sp³-hybridized carbons (Fsp3) is 0.500. The minimum Gasteiger partial charge on any atom is -0.367 e. The van der Waals surface area contributed by atoms with Crippen molar-refractivity contribution in [3.05, 3.63) is 47.5 Å². The normalized spacial score (nSPS) is 20.3. The van der Waals surface area contributed by atoms with Gasteiger partial charge >= 0.3 is 6.18 Å². The van der Waals surface area contributed by atoms with Crippen molar-refractivity contribution >= 4 is 11.6 Å². The summed E-state index contributed by atoms with van der Waals surface area (Å²) in [4.78, 5) is 9.99. The number of benzene rings is 1. The fourth-order valence-corrected chi connectivity index (χ4v) is 3.88. The molecule has 0 radical (unpaired) electrons. The lowest BCUT2D eigenvalue weighted by Crippen LogP contribution is -2.26. The summed E-state index contributed by atoms with van der Waals surface area (Å²) in [5.74, 6) is 0.452. The highest BCUT2D eigenvalue weighted by atomic mass is 19.4. The van der Waals surface area contributed by atoms with Crippen LogP contribution in [0.1, 0.15) is 49.3 Å². The SMILES string of the molecule is Fc1c(NCC2CCC2)ncnc1N1CCCC1c1ccc(C(F)(F)F)cc1. The molecule has 150 valence electrons. The zero-order chi connectivity index (χ0) is 19.7. The van der Waals surface area contributed by atoms with Crippen LogP contribution in [0, 0.1) is 11.7 Å². The molecule has 0 bridgehead atoms. The van der Waals surface area contributed by atoms with Crippen LogP contribution < -0.4 is 10.2 Å². The summed E-state index contributed by atoms with van der Waals surface area (Å²) in [5.41, 5.74) is 0.0454. The fourth-order valence-electron chi connectivity index (χ4n) is 3.88. The predicted octanol–water partition coefficient (Wildman–Crippen LogP) is 5.19.